The van der Waals surface area contributed by atoms with E-state index in [4.69, 9.17) is 13.6 Å². The van der Waals surface area contributed by atoms with E-state index in [-0.39, 0.29) is 17.6 Å². The van der Waals surface area contributed by atoms with Crippen LogP contribution in [-0.4, -0.2) is 42.1 Å². The van der Waals surface area contributed by atoms with Gasteiger partial charge in [0.2, 0.25) is 0 Å². The minimum absolute atomic E-state index is 0.0379. The van der Waals surface area contributed by atoms with Gasteiger partial charge < -0.3 is 18.9 Å². The number of nitrogens with one attached hydrogen (secondary N) is 1. The van der Waals surface area contributed by atoms with Crippen LogP contribution in [0.15, 0.2) is 27.0 Å². The highest BCUT2D eigenvalue weighted by Gasteiger charge is 2.62. The summed E-state index contributed by atoms with van der Waals surface area (Å²) in [5.41, 5.74) is 0.599. The molecule has 150 valence electrons. The van der Waals surface area contributed by atoms with E-state index >= 15 is 0 Å². The molecule has 6 nitrogen and oxygen atoms in total. The Balaban J connectivity index is 1.25. The van der Waals surface area contributed by atoms with Gasteiger partial charge in [0.05, 0.1) is 23.8 Å². The van der Waals surface area contributed by atoms with Gasteiger partial charge in [0, 0.05) is 31.5 Å². The SMILES string of the molecule is Cc1ccc(CN2C[C@@H]3[C@H](CNC(=O)c4cc(C)oc4C)[C@H]4CC[C@]3(C2)O4)o1. The van der Waals surface area contributed by atoms with Gasteiger partial charge in [-0.2, -0.15) is 0 Å². The number of hydrogen-bond donors (Lipinski definition) is 1. The van der Waals surface area contributed by atoms with Crippen molar-refractivity contribution >= 4 is 5.91 Å². The molecule has 0 aromatic carbocycles. The topological polar surface area (TPSA) is 67.9 Å². The van der Waals surface area contributed by atoms with E-state index in [0.29, 0.717) is 29.7 Å². The van der Waals surface area contributed by atoms with Crippen molar-refractivity contribution in [3.8, 4) is 0 Å². The van der Waals surface area contributed by atoms with E-state index in [0.717, 1.165) is 49.8 Å². The number of furan rings is 2. The molecule has 3 aliphatic rings. The molecule has 0 unspecified atom stereocenters. The van der Waals surface area contributed by atoms with Crippen molar-refractivity contribution in [3.05, 3.63) is 46.8 Å². The predicted molar refractivity (Wildman–Crippen MR) is 103 cm³/mol. The first-order chi connectivity index (χ1) is 13.4. The van der Waals surface area contributed by atoms with Crippen molar-refractivity contribution in [2.24, 2.45) is 11.8 Å². The zero-order chi connectivity index (χ0) is 19.5. The monoisotopic (exact) mass is 384 g/mol. The maximum Gasteiger partial charge on any atom is 0.254 e. The quantitative estimate of drug-likeness (QED) is 0.857. The average Bonchev–Trinajstić information content (AvgIpc) is 3.42. The molecule has 2 aromatic heterocycles. The second-order valence-corrected chi connectivity index (χ2v) is 8.75. The molecule has 5 heterocycles. The van der Waals surface area contributed by atoms with Gasteiger partial charge in [-0.1, -0.05) is 0 Å². The number of amides is 1. The second kappa shape index (κ2) is 6.49. The Kier molecular flexibility index (Phi) is 4.18. The number of carbonyl (C=O) groups excluding carboxylic acids is 1. The van der Waals surface area contributed by atoms with Crippen LogP contribution in [0.4, 0.5) is 0 Å². The molecular formula is C22H28N2O4. The fourth-order valence-electron chi connectivity index (χ4n) is 5.63. The molecule has 3 fully saturated rings. The van der Waals surface area contributed by atoms with Crippen molar-refractivity contribution in [1.29, 1.82) is 0 Å². The number of carbonyl (C=O) groups is 1. The number of rotatable bonds is 5. The lowest BCUT2D eigenvalue weighted by molar-refractivity contribution is 0.00166. The van der Waals surface area contributed by atoms with Crippen LogP contribution in [0.25, 0.3) is 0 Å². The average molecular weight is 384 g/mol. The van der Waals surface area contributed by atoms with Crippen LogP contribution in [-0.2, 0) is 11.3 Å². The summed E-state index contributed by atoms with van der Waals surface area (Å²) in [4.78, 5) is 15.1. The summed E-state index contributed by atoms with van der Waals surface area (Å²) in [6.07, 6.45) is 2.49. The van der Waals surface area contributed by atoms with E-state index in [2.05, 4.69) is 16.3 Å². The van der Waals surface area contributed by atoms with Crippen molar-refractivity contribution in [3.63, 3.8) is 0 Å². The molecule has 28 heavy (non-hydrogen) atoms. The normalized spacial score (nSPS) is 31.5. The summed E-state index contributed by atoms with van der Waals surface area (Å²) in [5.74, 6) is 4.20. The van der Waals surface area contributed by atoms with Gasteiger partial charge in [0.1, 0.15) is 23.0 Å². The van der Waals surface area contributed by atoms with Crippen molar-refractivity contribution < 1.29 is 18.4 Å². The first-order valence-corrected chi connectivity index (χ1v) is 10.2. The van der Waals surface area contributed by atoms with Gasteiger partial charge in [-0.15, -0.1) is 0 Å². The van der Waals surface area contributed by atoms with Gasteiger partial charge in [-0.05, 0) is 51.8 Å². The van der Waals surface area contributed by atoms with E-state index in [1.54, 1.807) is 0 Å². The van der Waals surface area contributed by atoms with Crippen LogP contribution < -0.4 is 5.32 Å². The summed E-state index contributed by atoms with van der Waals surface area (Å²) in [6.45, 7) is 9.13. The molecule has 0 aliphatic carbocycles. The largest absolute Gasteiger partial charge is 0.466 e. The molecule has 0 radical (unpaired) electrons. The molecular weight excluding hydrogens is 356 g/mol. The van der Waals surface area contributed by atoms with E-state index in [1.165, 1.54) is 0 Å². The Bertz CT molecular complexity index is 900. The van der Waals surface area contributed by atoms with E-state index in [9.17, 15) is 4.79 Å². The van der Waals surface area contributed by atoms with Crippen molar-refractivity contribution in [2.45, 2.75) is 51.9 Å². The molecule has 0 saturated carbocycles. The number of ether oxygens (including phenoxy) is 1. The molecule has 6 heteroatoms. The fourth-order valence-corrected chi connectivity index (χ4v) is 5.63. The summed E-state index contributed by atoms with van der Waals surface area (Å²) in [6, 6.07) is 5.89. The van der Waals surface area contributed by atoms with Crippen molar-refractivity contribution in [1.82, 2.24) is 10.2 Å². The Morgan fingerprint density at radius 1 is 1.25 bits per heavy atom. The molecule has 3 aliphatic heterocycles. The fraction of sp³-hybridized carbons (Fsp3) is 0.591. The number of fused-ring (bicyclic) bond motifs is 1. The van der Waals surface area contributed by atoms with Gasteiger partial charge in [-0.3, -0.25) is 9.69 Å². The molecule has 2 bridgehead atoms. The van der Waals surface area contributed by atoms with Crippen LogP contribution in [0.1, 0.15) is 46.2 Å². The molecule has 2 aromatic rings. The zero-order valence-corrected chi connectivity index (χ0v) is 16.8. The van der Waals surface area contributed by atoms with Gasteiger partial charge in [-0.25, -0.2) is 0 Å². The lowest BCUT2D eigenvalue weighted by Gasteiger charge is -2.29. The van der Waals surface area contributed by atoms with Gasteiger partial charge >= 0.3 is 0 Å². The predicted octanol–water partition coefficient (Wildman–Crippen LogP) is 3.21. The van der Waals surface area contributed by atoms with Crippen LogP contribution in [0.2, 0.25) is 0 Å². The minimum atomic E-state index is -0.0490. The Labute approximate surface area is 165 Å². The maximum absolute atomic E-state index is 12.6. The van der Waals surface area contributed by atoms with Crippen LogP contribution in [0.5, 0.6) is 0 Å². The highest BCUT2D eigenvalue weighted by Crippen LogP contribution is 2.54. The number of aryl methyl sites for hydroxylation is 3. The highest BCUT2D eigenvalue weighted by molar-refractivity contribution is 5.95. The molecule has 5 rings (SSSR count). The van der Waals surface area contributed by atoms with Gasteiger partial charge in [0.25, 0.3) is 5.91 Å². The third-order valence-electron chi connectivity index (χ3n) is 6.81. The Morgan fingerprint density at radius 2 is 2.11 bits per heavy atom. The maximum atomic E-state index is 12.6. The summed E-state index contributed by atoms with van der Waals surface area (Å²) in [7, 11) is 0. The molecule has 3 saturated heterocycles. The highest BCUT2D eigenvalue weighted by atomic mass is 16.5. The van der Waals surface area contributed by atoms with Crippen LogP contribution in [0, 0.1) is 32.6 Å². The zero-order valence-electron chi connectivity index (χ0n) is 16.8. The molecule has 4 atom stereocenters. The third kappa shape index (κ3) is 2.90. The first-order valence-electron chi connectivity index (χ1n) is 10.2. The lowest BCUT2D eigenvalue weighted by Crippen LogP contribution is -2.41. The standard InChI is InChI=1S/C22H28N2O4/c1-13-4-5-16(27-13)10-24-11-19-18(20-6-7-22(19,12-24)28-20)9-23-21(25)17-8-14(2)26-15(17)3/h4-5,8,18-20H,6-7,9-12H2,1-3H3,(H,23,25)/t18-,19+,20+,22+/m0/s1. The molecule has 1 N–H and O–H groups in total. The second-order valence-electron chi connectivity index (χ2n) is 8.75. The van der Waals surface area contributed by atoms with Gasteiger partial charge in [0.15, 0.2) is 0 Å². The first kappa shape index (κ1) is 18.0. The van der Waals surface area contributed by atoms with Crippen LogP contribution >= 0.6 is 0 Å². The number of nitrogens with zero attached hydrogens (tertiary/aromatic N) is 1. The summed E-state index contributed by atoms with van der Waals surface area (Å²) in [5, 5.41) is 3.14. The van der Waals surface area contributed by atoms with Crippen LogP contribution in [0.3, 0.4) is 0 Å². The Hall–Kier alpha value is -2.05. The number of hydrogen-bond acceptors (Lipinski definition) is 5. The smallest absolute Gasteiger partial charge is 0.254 e. The Morgan fingerprint density at radius 3 is 2.82 bits per heavy atom. The van der Waals surface area contributed by atoms with E-state index in [1.807, 2.05) is 32.9 Å². The minimum Gasteiger partial charge on any atom is -0.466 e. The third-order valence-corrected chi connectivity index (χ3v) is 6.81. The summed E-state index contributed by atoms with van der Waals surface area (Å²) >= 11 is 0. The molecule has 1 amide bonds. The summed E-state index contributed by atoms with van der Waals surface area (Å²) < 4.78 is 17.8. The lowest BCUT2D eigenvalue weighted by atomic mass is 9.73. The number of likely N-dealkylation sites (tertiary alicyclic amines) is 1. The van der Waals surface area contributed by atoms with Crippen molar-refractivity contribution in [2.75, 3.05) is 19.6 Å². The molecule has 1 spiro atoms. The van der Waals surface area contributed by atoms with E-state index < -0.39 is 0 Å².